The highest BCUT2D eigenvalue weighted by atomic mass is 32.1. The van der Waals surface area contributed by atoms with E-state index in [0.29, 0.717) is 0 Å². The molecule has 0 amide bonds. The third-order valence-electron chi connectivity index (χ3n) is 1.90. The summed E-state index contributed by atoms with van der Waals surface area (Å²) >= 11 is 1.60. The monoisotopic (exact) mass is 206 g/mol. The Kier molecular flexibility index (Phi) is 2.51. The van der Waals surface area contributed by atoms with E-state index >= 15 is 0 Å². The molecule has 0 saturated carbocycles. The van der Waals surface area contributed by atoms with Gasteiger partial charge < -0.3 is 5.73 Å². The van der Waals surface area contributed by atoms with Crippen LogP contribution in [-0.4, -0.2) is 15.0 Å². The number of hydrogen-bond acceptors (Lipinski definition) is 5. The normalized spacial score (nSPS) is 12.7. The third-order valence-corrected chi connectivity index (χ3v) is 2.69. The van der Waals surface area contributed by atoms with E-state index in [2.05, 4.69) is 15.0 Å². The number of nitrogens with two attached hydrogens (primary N) is 1. The first kappa shape index (κ1) is 9.23. The second kappa shape index (κ2) is 3.81. The minimum atomic E-state index is -0.221. The second-order valence-electron chi connectivity index (χ2n) is 2.94. The first-order valence-electron chi connectivity index (χ1n) is 4.20. The van der Waals surface area contributed by atoms with Crippen LogP contribution in [0.2, 0.25) is 0 Å². The molecule has 0 fully saturated rings. The number of rotatable bonds is 2. The van der Waals surface area contributed by atoms with E-state index in [1.165, 1.54) is 6.33 Å². The van der Waals surface area contributed by atoms with E-state index in [4.69, 9.17) is 5.73 Å². The Bertz CT molecular complexity index is 412. The molecule has 1 unspecified atom stereocenters. The van der Waals surface area contributed by atoms with Gasteiger partial charge in [-0.3, -0.25) is 0 Å². The third kappa shape index (κ3) is 1.78. The fourth-order valence-electron chi connectivity index (χ4n) is 1.16. The summed E-state index contributed by atoms with van der Waals surface area (Å²) in [5.41, 5.74) is 7.76. The maximum Gasteiger partial charge on any atom is 0.115 e. The fourth-order valence-corrected chi connectivity index (χ4v) is 1.81. The van der Waals surface area contributed by atoms with Crippen LogP contribution in [0.15, 0.2) is 24.1 Å². The van der Waals surface area contributed by atoms with E-state index in [9.17, 15) is 0 Å². The Morgan fingerprint density at radius 1 is 1.36 bits per heavy atom. The Labute approximate surface area is 85.9 Å². The van der Waals surface area contributed by atoms with Gasteiger partial charge in [-0.1, -0.05) is 0 Å². The van der Waals surface area contributed by atoms with Gasteiger partial charge in [0.25, 0.3) is 0 Å². The van der Waals surface area contributed by atoms with Gasteiger partial charge in [0.1, 0.15) is 6.33 Å². The van der Waals surface area contributed by atoms with E-state index in [-0.39, 0.29) is 6.04 Å². The summed E-state index contributed by atoms with van der Waals surface area (Å²) in [5.74, 6) is 0. The van der Waals surface area contributed by atoms with Crippen LogP contribution in [0.25, 0.3) is 0 Å². The molecule has 2 N–H and O–H groups in total. The number of aryl methyl sites for hydroxylation is 1. The van der Waals surface area contributed by atoms with Crippen LogP contribution in [0.4, 0.5) is 0 Å². The standard InChI is InChI=1S/C9H10N4S/c1-6-13-8(4-14-6)9(10)7-2-11-5-12-3-7/h2-5,9H,10H2,1H3. The molecule has 1 atom stereocenters. The number of nitrogens with zero attached hydrogens (tertiary/aromatic N) is 3. The molecule has 0 saturated heterocycles. The van der Waals surface area contributed by atoms with Crippen molar-refractivity contribution in [3.63, 3.8) is 0 Å². The van der Waals surface area contributed by atoms with Gasteiger partial charge in [0.2, 0.25) is 0 Å². The molecule has 2 rings (SSSR count). The zero-order chi connectivity index (χ0) is 9.97. The highest BCUT2D eigenvalue weighted by Gasteiger charge is 2.11. The molecule has 2 aromatic rings. The van der Waals surface area contributed by atoms with Crippen molar-refractivity contribution in [1.82, 2.24) is 15.0 Å². The largest absolute Gasteiger partial charge is 0.319 e. The Morgan fingerprint density at radius 2 is 2.07 bits per heavy atom. The van der Waals surface area contributed by atoms with E-state index in [1.807, 2.05) is 12.3 Å². The number of thiazole rings is 1. The predicted octanol–water partition coefficient (Wildman–Crippen LogP) is 1.29. The number of aromatic nitrogens is 3. The van der Waals surface area contributed by atoms with Gasteiger partial charge in [-0.2, -0.15) is 0 Å². The van der Waals surface area contributed by atoms with Crippen molar-refractivity contribution in [2.45, 2.75) is 13.0 Å². The zero-order valence-corrected chi connectivity index (χ0v) is 8.53. The van der Waals surface area contributed by atoms with Gasteiger partial charge in [0, 0.05) is 23.3 Å². The van der Waals surface area contributed by atoms with Gasteiger partial charge in [0.05, 0.1) is 16.7 Å². The lowest BCUT2D eigenvalue weighted by atomic mass is 10.1. The average molecular weight is 206 g/mol. The van der Waals surface area contributed by atoms with E-state index in [0.717, 1.165) is 16.3 Å². The fraction of sp³-hybridized carbons (Fsp3) is 0.222. The molecule has 0 radical (unpaired) electrons. The number of hydrogen-bond donors (Lipinski definition) is 1. The Balaban J connectivity index is 2.29. The molecule has 2 aromatic heterocycles. The van der Waals surface area contributed by atoms with Gasteiger partial charge in [-0.15, -0.1) is 11.3 Å². The van der Waals surface area contributed by atoms with Crippen LogP contribution in [0.1, 0.15) is 22.3 Å². The molecular weight excluding hydrogens is 196 g/mol. The van der Waals surface area contributed by atoms with Crippen molar-refractivity contribution in [2.75, 3.05) is 0 Å². The summed E-state index contributed by atoms with van der Waals surface area (Å²) in [6, 6.07) is -0.221. The summed E-state index contributed by atoms with van der Waals surface area (Å²) in [7, 11) is 0. The minimum absolute atomic E-state index is 0.221. The van der Waals surface area contributed by atoms with Crippen LogP contribution < -0.4 is 5.73 Å². The van der Waals surface area contributed by atoms with Gasteiger partial charge in [-0.05, 0) is 6.92 Å². The van der Waals surface area contributed by atoms with E-state index < -0.39 is 0 Å². The van der Waals surface area contributed by atoms with Crippen LogP contribution in [0, 0.1) is 6.92 Å². The lowest BCUT2D eigenvalue weighted by Crippen LogP contribution is -2.12. The van der Waals surface area contributed by atoms with Crippen molar-refractivity contribution >= 4 is 11.3 Å². The highest BCUT2D eigenvalue weighted by Crippen LogP contribution is 2.19. The minimum Gasteiger partial charge on any atom is -0.319 e. The summed E-state index contributed by atoms with van der Waals surface area (Å²) in [6.45, 7) is 1.96. The lowest BCUT2D eigenvalue weighted by molar-refractivity contribution is 0.818. The molecule has 5 heteroatoms. The van der Waals surface area contributed by atoms with Crippen molar-refractivity contribution in [1.29, 1.82) is 0 Å². The predicted molar refractivity (Wildman–Crippen MR) is 54.9 cm³/mol. The molecule has 0 aliphatic heterocycles. The van der Waals surface area contributed by atoms with Crippen molar-refractivity contribution in [3.05, 3.63) is 40.4 Å². The maximum atomic E-state index is 5.99. The lowest BCUT2D eigenvalue weighted by Gasteiger charge is -2.06. The second-order valence-corrected chi connectivity index (χ2v) is 4.00. The van der Waals surface area contributed by atoms with Gasteiger partial charge in [0.15, 0.2) is 0 Å². The van der Waals surface area contributed by atoms with Gasteiger partial charge in [-0.25, -0.2) is 15.0 Å². The molecule has 72 valence electrons. The van der Waals surface area contributed by atoms with E-state index in [1.54, 1.807) is 23.7 Å². The molecule has 0 aliphatic rings. The maximum absolute atomic E-state index is 5.99. The van der Waals surface area contributed by atoms with Crippen molar-refractivity contribution in [2.24, 2.45) is 5.73 Å². The van der Waals surface area contributed by atoms with Gasteiger partial charge >= 0.3 is 0 Å². The average Bonchev–Trinajstić information content (AvgIpc) is 2.65. The SMILES string of the molecule is Cc1nc(C(N)c2cncnc2)cs1. The van der Waals surface area contributed by atoms with Crippen LogP contribution >= 0.6 is 11.3 Å². The van der Waals surface area contributed by atoms with Crippen molar-refractivity contribution < 1.29 is 0 Å². The van der Waals surface area contributed by atoms with Crippen molar-refractivity contribution in [3.8, 4) is 0 Å². The molecule has 0 aromatic carbocycles. The quantitative estimate of drug-likeness (QED) is 0.804. The summed E-state index contributed by atoms with van der Waals surface area (Å²) in [5, 5.41) is 2.99. The smallest absolute Gasteiger partial charge is 0.115 e. The first-order valence-corrected chi connectivity index (χ1v) is 5.08. The summed E-state index contributed by atoms with van der Waals surface area (Å²) < 4.78 is 0. The first-order chi connectivity index (χ1) is 6.77. The molecule has 2 heterocycles. The van der Waals surface area contributed by atoms with Crippen LogP contribution in [0.5, 0.6) is 0 Å². The molecule has 0 bridgehead atoms. The molecular formula is C9H10N4S. The topological polar surface area (TPSA) is 64.7 Å². The summed E-state index contributed by atoms with van der Waals surface area (Å²) in [6.07, 6.45) is 4.92. The van der Waals surface area contributed by atoms with Crippen LogP contribution in [0.3, 0.4) is 0 Å². The zero-order valence-electron chi connectivity index (χ0n) is 7.71. The van der Waals surface area contributed by atoms with Crippen LogP contribution in [-0.2, 0) is 0 Å². The molecule has 0 aliphatic carbocycles. The Hall–Kier alpha value is -1.33. The summed E-state index contributed by atoms with van der Waals surface area (Å²) in [4.78, 5) is 12.2. The molecule has 14 heavy (non-hydrogen) atoms. The molecule has 4 nitrogen and oxygen atoms in total. The highest BCUT2D eigenvalue weighted by molar-refractivity contribution is 7.09. The Morgan fingerprint density at radius 3 is 2.64 bits per heavy atom. The molecule has 0 spiro atoms.